The zero-order chi connectivity index (χ0) is 18.7. The van der Waals surface area contributed by atoms with Gasteiger partial charge in [-0.25, -0.2) is 4.39 Å². The normalized spacial score (nSPS) is 12.9. The molecular weight excluding hydrogens is 339 g/mol. The summed E-state index contributed by atoms with van der Waals surface area (Å²) in [6, 6.07) is 6.55. The zero-order valence-electron chi connectivity index (χ0n) is 14.9. The number of rotatable bonds is 5. The van der Waals surface area contributed by atoms with E-state index in [-0.39, 0.29) is 17.0 Å². The lowest BCUT2D eigenvalue weighted by Crippen LogP contribution is -2.25. The van der Waals surface area contributed by atoms with E-state index in [0.717, 1.165) is 5.56 Å². The molecule has 1 amide bonds. The number of carbonyl (C=O) groups is 1. The minimum absolute atomic E-state index is 0.146. The van der Waals surface area contributed by atoms with Crippen molar-refractivity contribution in [3.8, 4) is 17.2 Å². The van der Waals surface area contributed by atoms with Gasteiger partial charge in [-0.1, -0.05) is 6.07 Å². The van der Waals surface area contributed by atoms with Crippen molar-refractivity contribution in [1.82, 2.24) is 5.32 Å². The van der Waals surface area contributed by atoms with Gasteiger partial charge in [-0.05, 0) is 42.3 Å². The van der Waals surface area contributed by atoms with E-state index in [4.69, 9.17) is 14.2 Å². The fourth-order valence-electron chi connectivity index (χ4n) is 3.10. The van der Waals surface area contributed by atoms with Gasteiger partial charge in [0.15, 0.2) is 11.5 Å². The van der Waals surface area contributed by atoms with Crippen LogP contribution in [0.15, 0.2) is 24.3 Å². The molecule has 2 aromatic rings. The number of amides is 1. The largest absolute Gasteiger partial charge is 0.493 e. The van der Waals surface area contributed by atoms with Crippen LogP contribution in [-0.2, 0) is 13.0 Å². The third-order valence-electron chi connectivity index (χ3n) is 4.40. The topological polar surface area (TPSA) is 68.8 Å². The molecule has 0 aliphatic carbocycles. The lowest BCUT2D eigenvalue weighted by molar-refractivity contribution is 0.102. The summed E-state index contributed by atoms with van der Waals surface area (Å²) in [4.78, 5) is 12.7. The monoisotopic (exact) mass is 360 g/mol. The lowest BCUT2D eigenvalue weighted by atomic mass is 9.99. The molecule has 0 aromatic heterocycles. The van der Waals surface area contributed by atoms with Crippen molar-refractivity contribution in [2.75, 3.05) is 33.2 Å². The average Bonchev–Trinajstić information content (AvgIpc) is 2.68. The number of hydrogen-bond donors (Lipinski definition) is 2. The van der Waals surface area contributed by atoms with E-state index < -0.39 is 11.7 Å². The van der Waals surface area contributed by atoms with Gasteiger partial charge in [0, 0.05) is 6.54 Å². The second-order valence-corrected chi connectivity index (χ2v) is 5.83. The number of carbonyl (C=O) groups excluding carboxylic acids is 1. The van der Waals surface area contributed by atoms with Crippen molar-refractivity contribution in [2.24, 2.45) is 0 Å². The summed E-state index contributed by atoms with van der Waals surface area (Å²) >= 11 is 0. The third-order valence-corrected chi connectivity index (χ3v) is 4.40. The molecule has 26 heavy (non-hydrogen) atoms. The van der Waals surface area contributed by atoms with Crippen LogP contribution >= 0.6 is 0 Å². The van der Waals surface area contributed by atoms with Crippen molar-refractivity contribution in [1.29, 1.82) is 0 Å². The van der Waals surface area contributed by atoms with Crippen molar-refractivity contribution >= 4 is 11.6 Å². The number of halogens is 1. The Morgan fingerprint density at radius 2 is 1.85 bits per heavy atom. The first-order valence-corrected chi connectivity index (χ1v) is 8.22. The molecule has 0 unspecified atom stereocenters. The van der Waals surface area contributed by atoms with E-state index in [0.29, 0.717) is 36.6 Å². The highest BCUT2D eigenvalue weighted by Gasteiger charge is 2.23. The Hall–Kier alpha value is -2.80. The van der Waals surface area contributed by atoms with E-state index >= 15 is 0 Å². The highest BCUT2D eigenvalue weighted by Crippen LogP contribution is 2.40. The second-order valence-electron chi connectivity index (χ2n) is 5.83. The van der Waals surface area contributed by atoms with Gasteiger partial charge in [-0.2, -0.15) is 0 Å². The Kier molecular flexibility index (Phi) is 5.27. The van der Waals surface area contributed by atoms with Crippen LogP contribution in [0.5, 0.6) is 17.2 Å². The first kappa shape index (κ1) is 18.0. The lowest BCUT2D eigenvalue weighted by Gasteiger charge is -2.20. The van der Waals surface area contributed by atoms with Crippen LogP contribution in [0.25, 0.3) is 0 Å². The van der Waals surface area contributed by atoms with Crippen molar-refractivity contribution in [2.45, 2.75) is 13.0 Å². The first-order chi connectivity index (χ1) is 12.6. The number of hydrogen-bond acceptors (Lipinski definition) is 5. The number of anilines is 1. The Morgan fingerprint density at radius 3 is 2.54 bits per heavy atom. The molecular formula is C19H21FN2O4. The number of nitrogens with one attached hydrogen (secondary N) is 2. The molecule has 1 aliphatic heterocycles. The summed E-state index contributed by atoms with van der Waals surface area (Å²) in [7, 11) is 4.38. The van der Waals surface area contributed by atoms with Crippen molar-refractivity contribution in [3.05, 3.63) is 46.8 Å². The number of fused-ring (bicyclic) bond motifs is 1. The zero-order valence-corrected chi connectivity index (χ0v) is 14.9. The molecule has 6 nitrogen and oxygen atoms in total. The fraction of sp³-hybridized carbons (Fsp3) is 0.316. The molecule has 1 aliphatic rings. The molecule has 0 fully saturated rings. The maximum Gasteiger partial charge on any atom is 0.259 e. The quantitative estimate of drug-likeness (QED) is 0.858. The molecule has 7 heteroatoms. The van der Waals surface area contributed by atoms with Gasteiger partial charge in [0.25, 0.3) is 5.91 Å². The molecule has 0 saturated heterocycles. The maximum absolute atomic E-state index is 14.8. The Bertz CT molecular complexity index is 839. The van der Waals surface area contributed by atoms with Gasteiger partial charge in [-0.3, -0.25) is 4.79 Å². The van der Waals surface area contributed by atoms with Crippen LogP contribution in [0, 0.1) is 5.82 Å². The highest BCUT2D eigenvalue weighted by atomic mass is 19.1. The summed E-state index contributed by atoms with van der Waals surface area (Å²) in [5.41, 5.74) is 1.92. The van der Waals surface area contributed by atoms with Gasteiger partial charge < -0.3 is 24.8 Å². The minimum Gasteiger partial charge on any atom is -0.493 e. The summed E-state index contributed by atoms with van der Waals surface area (Å²) in [6.07, 6.45) is 0.588. The van der Waals surface area contributed by atoms with Crippen LogP contribution in [-0.4, -0.2) is 33.8 Å². The predicted octanol–water partition coefficient (Wildman–Crippen LogP) is 2.75. The first-order valence-electron chi connectivity index (χ1n) is 8.22. The summed E-state index contributed by atoms with van der Waals surface area (Å²) < 4.78 is 30.6. The summed E-state index contributed by atoms with van der Waals surface area (Å²) in [5.74, 6) is 0.0901. The van der Waals surface area contributed by atoms with Crippen molar-refractivity contribution < 1.29 is 23.4 Å². The fourth-order valence-corrected chi connectivity index (χ4v) is 3.10. The standard InChI is InChI=1S/C19H21FN2O4/c1-24-15-7-5-13(17(25-2)18(15)26-3)19(23)22-14-6-4-11-10-21-9-8-12(11)16(14)20/h4-7,21H,8-10H2,1-3H3,(H,22,23). The van der Waals surface area contributed by atoms with E-state index in [1.54, 1.807) is 18.2 Å². The molecule has 3 rings (SSSR count). The molecule has 138 valence electrons. The van der Waals surface area contributed by atoms with E-state index in [2.05, 4.69) is 10.6 Å². The van der Waals surface area contributed by atoms with Gasteiger partial charge in [-0.15, -0.1) is 0 Å². The molecule has 2 N–H and O–H groups in total. The summed E-state index contributed by atoms with van der Waals surface area (Å²) in [6.45, 7) is 1.34. The molecule has 2 aromatic carbocycles. The third kappa shape index (κ3) is 3.17. The highest BCUT2D eigenvalue weighted by molar-refractivity contribution is 6.07. The number of methoxy groups -OCH3 is 3. The van der Waals surface area contributed by atoms with E-state index in [1.165, 1.54) is 21.3 Å². The molecule has 0 radical (unpaired) electrons. The average molecular weight is 360 g/mol. The molecule has 0 bridgehead atoms. The minimum atomic E-state index is -0.490. The van der Waals surface area contributed by atoms with Crippen LogP contribution in [0.3, 0.4) is 0 Å². The van der Waals surface area contributed by atoms with E-state index in [9.17, 15) is 9.18 Å². The molecule has 1 heterocycles. The van der Waals surface area contributed by atoms with Gasteiger partial charge >= 0.3 is 0 Å². The van der Waals surface area contributed by atoms with Crippen LogP contribution in [0.1, 0.15) is 21.5 Å². The van der Waals surface area contributed by atoms with Crippen LogP contribution in [0.4, 0.5) is 10.1 Å². The maximum atomic E-state index is 14.8. The van der Waals surface area contributed by atoms with Gasteiger partial charge in [0.1, 0.15) is 5.82 Å². The number of benzene rings is 2. The smallest absolute Gasteiger partial charge is 0.259 e. The van der Waals surface area contributed by atoms with E-state index in [1.807, 2.05) is 6.07 Å². The molecule has 0 spiro atoms. The predicted molar refractivity (Wildman–Crippen MR) is 95.9 cm³/mol. The van der Waals surface area contributed by atoms with Crippen LogP contribution in [0.2, 0.25) is 0 Å². The Morgan fingerprint density at radius 1 is 1.08 bits per heavy atom. The summed E-state index contributed by atoms with van der Waals surface area (Å²) in [5, 5.41) is 5.83. The van der Waals surface area contributed by atoms with Crippen molar-refractivity contribution in [3.63, 3.8) is 0 Å². The molecule has 0 atom stereocenters. The number of ether oxygens (including phenoxy) is 3. The molecule has 0 saturated carbocycles. The SMILES string of the molecule is COc1ccc(C(=O)Nc2ccc3c(c2F)CCNC3)c(OC)c1OC. The van der Waals surface area contributed by atoms with Gasteiger partial charge in [0.2, 0.25) is 5.75 Å². The Balaban J connectivity index is 1.94. The second kappa shape index (κ2) is 7.61. The van der Waals surface area contributed by atoms with Gasteiger partial charge in [0.05, 0.1) is 32.6 Å². The van der Waals surface area contributed by atoms with Crippen LogP contribution < -0.4 is 24.8 Å². The Labute approximate surface area is 151 Å².